The largest absolute Gasteiger partial charge is 0.484 e. The van der Waals surface area contributed by atoms with Crippen molar-refractivity contribution in [1.29, 1.82) is 0 Å². The normalized spacial score (nSPS) is 11.9. The highest BCUT2D eigenvalue weighted by Crippen LogP contribution is 2.21. The summed E-state index contributed by atoms with van der Waals surface area (Å²) in [5.41, 5.74) is 0.872. The maximum atomic E-state index is 11.8. The van der Waals surface area contributed by atoms with E-state index >= 15 is 0 Å². The lowest BCUT2D eigenvalue weighted by Crippen LogP contribution is -2.31. The van der Waals surface area contributed by atoms with Gasteiger partial charge in [-0.25, -0.2) is 0 Å². The Morgan fingerprint density at radius 1 is 1.55 bits per heavy atom. The van der Waals surface area contributed by atoms with Gasteiger partial charge in [-0.15, -0.1) is 10.2 Å². The molecule has 2 aromatic rings. The fraction of sp³-hybridized carbons (Fsp3) is 0.333. The molecule has 0 aliphatic rings. The van der Waals surface area contributed by atoms with Gasteiger partial charge < -0.3 is 10.1 Å². The molecule has 8 heteroatoms. The van der Waals surface area contributed by atoms with E-state index in [2.05, 4.69) is 25.9 Å². The smallest absolute Gasteiger partial charge is 0.258 e. The highest BCUT2D eigenvalue weighted by Gasteiger charge is 2.14. The van der Waals surface area contributed by atoms with Crippen molar-refractivity contribution in [2.75, 3.05) is 6.61 Å². The van der Waals surface area contributed by atoms with Crippen LogP contribution in [0.1, 0.15) is 24.4 Å². The van der Waals surface area contributed by atoms with Crippen LogP contribution in [0.5, 0.6) is 5.75 Å². The first-order valence-corrected chi connectivity index (χ1v) is 6.35. The average Bonchev–Trinajstić information content (AvgIpc) is 2.91. The number of carbonyl (C=O) groups excluding carboxylic acids is 1. The third-order valence-corrected chi connectivity index (χ3v) is 2.86. The zero-order valence-corrected chi connectivity index (χ0v) is 11.8. The van der Waals surface area contributed by atoms with Gasteiger partial charge in [0.15, 0.2) is 12.4 Å². The molecular formula is C12H14ClN5O2. The zero-order valence-electron chi connectivity index (χ0n) is 11.1. The third kappa shape index (κ3) is 3.67. The minimum atomic E-state index is -0.337. The number of hydrogen-bond acceptors (Lipinski definition) is 5. The molecule has 106 valence electrons. The number of halogens is 1. The van der Waals surface area contributed by atoms with Gasteiger partial charge in [0, 0.05) is 5.02 Å². The summed E-state index contributed by atoms with van der Waals surface area (Å²) in [6, 6.07) is 4.88. The van der Waals surface area contributed by atoms with Gasteiger partial charge in [0.2, 0.25) is 0 Å². The Hall–Kier alpha value is -2.15. The fourth-order valence-corrected chi connectivity index (χ4v) is 1.85. The van der Waals surface area contributed by atoms with Gasteiger partial charge in [-0.2, -0.15) is 5.21 Å². The molecule has 0 fully saturated rings. The number of H-pyrrole nitrogens is 1. The number of hydrogen-bond donors (Lipinski definition) is 2. The van der Waals surface area contributed by atoms with Crippen LogP contribution in [0.3, 0.4) is 0 Å². The first-order valence-electron chi connectivity index (χ1n) is 5.98. The Morgan fingerprint density at radius 2 is 2.35 bits per heavy atom. The van der Waals surface area contributed by atoms with Crippen LogP contribution in [-0.2, 0) is 4.79 Å². The maximum absolute atomic E-state index is 11.8. The number of nitrogens with zero attached hydrogens (tertiary/aromatic N) is 3. The molecular weight excluding hydrogens is 282 g/mol. The highest BCUT2D eigenvalue weighted by molar-refractivity contribution is 6.30. The van der Waals surface area contributed by atoms with Gasteiger partial charge in [-0.05, 0) is 37.6 Å². The van der Waals surface area contributed by atoms with Crippen LogP contribution >= 0.6 is 11.6 Å². The summed E-state index contributed by atoms with van der Waals surface area (Å²) >= 11 is 5.85. The van der Waals surface area contributed by atoms with Gasteiger partial charge in [0.05, 0.1) is 6.04 Å². The lowest BCUT2D eigenvalue weighted by Gasteiger charge is -2.12. The van der Waals surface area contributed by atoms with E-state index in [0.29, 0.717) is 16.6 Å². The summed E-state index contributed by atoms with van der Waals surface area (Å²) in [6.07, 6.45) is 0. The molecule has 2 N–H and O–H groups in total. The second-order valence-electron chi connectivity index (χ2n) is 4.26. The standard InChI is InChI=1S/C12H14ClN5O2/c1-7-5-9(13)3-4-10(7)20-6-11(19)14-8(2)12-15-17-18-16-12/h3-5,8H,6H2,1-2H3,(H,14,19)(H,15,16,17,18). The number of carbonyl (C=O) groups is 1. The van der Waals surface area contributed by atoms with Gasteiger partial charge in [0.1, 0.15) is 5.75 Å². The van der Waals surface area contributed by atoms with Crippen LogP contribution in [-0.4, -0.2) is 33.1 Å². The molecule has 1 aromatic heterocycles. The molecule has 7 nitrogen and oxygen atoms in total. The van der Waals surface area contributed by atoms with E-state index in [0.717, 1.165) is 5.56 Å². The topological polar surface area (TPSA) is 92.8 Å². The minimum Gasteiger partial charge on any atom is -0.484 e. The predicted octanol–water partition coefficient (Wildman–Crippen LogP) is 1.42. The predicted molar refractivity (Wildman–Crippen MR) is 72.4 cm³/mol. The molecule has 0 bridgehead atoms. The SMILES string of the molecule is Cc1cc(Cl)ccc1OCC(=O)NC(C)c1nn[nH]n1. The molecule has 0 aliphatic carbocycles. The molecule has 1 heterocycles. The van der Waals surface area contributed by atoms with Gasteiger partial charge in [-0.1, -0.05) is 16.8 Å². The number of amides is 1. The van der Waals surface area contributed by atoms with Crippen LogP contribution in [0.25, 0.3) is 0 Å². The summed E-state index contributed by atoms with van der Waals surface area (Å²) in [7, 11) is 0. The summed E-state index contributed by atoms with van der Waals surface area (Å²) in [6.45, 7) is 3.53. The second-order valence-corrected chi connectivity index (χ2v) is 4.69. The maximum Gasteiger partial charge on any atom is 0.258 e. The van der Waals surface area contributed by atoms with E-state index in [1.165, 1.54) is 0 Å². The summed E-state index contributed by atoms with van der Waals surface area (Å²) in [4.78, 5) is 11.8. The number of tetrazole rings is 1. The summed E-state index contributed by atoms with van der Waals surface area (Å²) in [5.74, 6) is 0.773. The van der Waals surface area contributed by atoms with Crippen molar-refractivity contribution in [3.05, 3.63) is 34.6 Å². The monoisotopic (exact) mass is 295 g/mol. The first-order chi connectivity index (χ1) is 9.56. The number of ether oxygens (including phenoxy) is 1. The van der Waals surface area contributed by atoms with Crippen LogP contribution in [0.15, 0.2) is 18.2 Å². The van der Waals surface area contributed by atoms with Crippen LogP contribution in [0.2, 0.25) is 5.02 Å². The van der Waals surface area contributed by atoms with Crippen molar-refractivity contribution in [2.24, 2.45) is 0 Å². The van der Waals surface area contributed by atoms with Gasteiger partial charge in [0.25, 0.3) is 5.91 Å². The minimum absolute atomic E-state index is 0.0926. The molecule has 1 amide bonds. The Morgan fingerprint density at radius 3 is 3.00 bits per heavy atom. The van der Waals surface area contributed by atoms with Crippen molar-refractivity contribution in [2.45, 2.75) is 19.9 Å². The molecule has 1 aromatic carbocycles. The fourth-order valence-electron chi connectivity index (χ4n) is 1.62. The number of aromatic amines is 1. The van der Waals surface area contributed by atoms with Crippen molar-refractivity contribution in [3.63, 3.8) is 0 Å². The molecule has 20 heavy (non-hydrogen) atoms. The van der Waals surface area contributed by atoms with Crippen molar-refractivity contribution >= 4 is 17.5 Å². The van der Waals surface area contributed by atoms with Gasteiger partial charge in [-0.3, -0.25) is 4.79 Å². The second kappa shape index (κ2) is 6.33. The van der Waals surface area contributed by atoms with Crippen molar-refractivity contribution < 1.29 is 9.53 Å². The Balaban J connectivity index is 1.86. The molecule has 1 atom stereocenters. The first kappa shape index (κ1) is 14.3. The molecule has 0 aliphatic heterocycles. The number of nitrogens with one attached hydrogen (secondary N) is 2. The number of aromatic nitrogens is 4. The zero-order chi connectivity index (χ0) is 14.5. The number of rotatable bonds is 5. The van der Waals surface area contributed by atoms with Crippen molar-refractivity contribution in [3.8, 4) is 5.75 Å². The third-order valence-electron chi connectivity index (χ3n) is 2.62. The van der Waals surface area contributed by atoms with Crippen LogP contribution < -0.4 is 10.1 Å². The number of aryl methyl sites for hydroxylation is 1. The Bertz CT molecular complexity index is 588. The lowest BCUT2D eigenvalue weighted by atomic mass is 10.2. The lowest BCUT2D eigenvalue weighted by molar-refractivity contribution is -0.123. The van der Waals surface area contributed by atoms with Crippen LogP contribution in [0, 0.1) is 6.92 Å². The van der Waals surface area contributed by atoms with E-state index < -0.39 is 0 Å². The molecule has 1 unspecified atom stereocenters. The van der Waals surface area contributed by atoms with E-state index in [1.807, 2.05) is 6.92 Å². The molecule has 2 rings (SSSR count). The molecule has 0 spiro atoms. The Kier molecular flexibility index (Phi) is 4.52. The quantitative estimate of drug-likeness (QED) is 0.870. The molecule has 0 saturated carbocycles. The van der Waals surface area contributed by atoms with E-state index in [-0.39, 0.29) is 18.6 Å². The van der Waals surface area contributed by atoms with Gasteiger partial charge >= 0.3 is 0 Å². The molecule has 0 saturated heterocycles. The highest BCUT2D eigenvalue weighted by atomic mass is 35.5. The van der Waals surface area contributed by atoms with E-state index in [9.17, 15) is 4.79 Å². The molecule has 0 radical (unpaired) electrons. The van der Waals surface area contributed by atoms with Crippen molar-refractivity contribution in [1.82, 2.24) is 25.9 Å². The van der Waals surface area contributed by atoms with E-state index in [4.69, 9.17) is 16.3 Å². The summed E-state index contributed by atoms with van der Waals surface area (Å²) < 4.78 is 5.44. The summed E-state index contributed by atoms with van der Waals surface area (Å²) in [5, 5.41) is 16.7. The van der Waals surface area contributed by atoms with E-state index in [1.54, 1.807) is 25.1 Å². The average molecular weight is 296 g/mol. The Labute approximate surface area is 120 Å². The number of benzene rings is 1. The van der Waals surface area contributed by atoms with Crippen LogP contribution in [0.4, 0.5) is 0 Å².